The number of amides is 2. The summed E-state index contributed by atoms with van der Waals surface area (Å²) in [5.41, 5.74) is 1.53. The highest BCUT2D eigenvalue weighted by atomic mass is 32.2. The van der Waals surface area contributed by atoms with Crippen LogP contribution in [0.15, 0.2) is 102 Å². The van der Waals surface area contributed by atoms with Crippen molar-refractivity contribution in [1.82, 2.24) is 10.2 Å². The molecule has 2 amide bonds. The number of anilines is 1. The number of nitrogens with zero attached hydrogens (tertiary/aromatic N) is 3. The zero-order valence-electron chi connectivity index (χ0n) is 28.9. The summed E-state index contributed by atoms with van der Waals surface area (Å²) in [4.78, 5) is 41.2. The van der Waals surface area contributed by atoms with Gasteiger partial charge in [-0.15, -0.1) is 0 Å². The summed E-state index contributed by atoms with van der Waals surface area (Å²) in [5, 5.41) is 14.9. The Labute approximate surface area is 298 Å². The van der Waals surface area contributed by atoms with Gasteiger partial charge in [0.2, 0.25) is 11.8 Å². The van der Waals surface area contributed by atoms with Crippen LogP contribution in [0.4, 0.5) is 11.4 Å². The largest absolute Gasteiger partial charge is 0.497 e. The Kier molecular flexibility index (Phi) is 11.9. The van der Waals surface area contributed by atoms with Crippen molar-refractivity contribution in [2.24, 2.45) is 0 Å². The van der Waals surface area contributed by atoms with Crippen molar-refractivity contribution < 1.29 is 32.4 Å². The van der Waals surface area contributed by atoms with Gasteiger partial charge in [0, 0.05) is 30.6 Å². The Morgan fingerprint density at radius 2 is 1.55 bits per heavy atom. The van der Waals surface area contributed by atoms with Gasteiger partial charge in [-0.1, -0.05) is 61.4 Å². The fourth-order valence-electron chi connectivity index (χ4n) is 6.24. The van der Waals surface area contributed by atoms with Crippen LogP contribution in [-0.2, 0) is 32.6 Å². The van der Waals surface area contributed by atoms with Gasteiger partial charge in [-0.3, -0.25) is 24.0 Å². The molecular weight excluding hydrogens is 673 g/mol. The standard InChI is InChI=1S/C38H42N4O8S/c1-27-16-21-34(24-35(27)42(45)46)51(47,48)41(31-17-19-32(49-2)20-18-31)26-37(43)40(25-29-12-9-15-33(22-29)50-3)36(23-28-10-5-4-6-11-28)38(44)39-30-13-7-8-14-30/h4-6,9-12,15-22,24,30,36H,7-8,13-14,23,25-26H2,1-3H3,(H,39,44). The van der Waals surface area contributed by atoms with Crippen molar-refractivity contribution in [3.63, 3.8) is 0 Å². The van der Waals surface area contributed by atoms with Crippen molar-refractivity contribution >= 4 is 33.2 Å². The van der Waals surface area contributed by atoms with E-state index in [-0.39, 0.29) is 46.7 Å². The highest BCUT2D eigenvalue weighted by Gasteiger charge is 2.36. The summed E-state index contributed by atoms with van der Waals surface area (Å²) in [7, 11) is -1.56. The Hall–Kier alpha value is -5.43. The van der Waals surface area contributed by atoms with Crippen LogP contribution in [0.25, 0.3) is 0 Å². The summed E-state index contributed by atoms with van der Waals surface area (Å²) in [5.74, 6) is 0.0224. The monoisotopic (exact) mass is 714 g/mol. The molecule has 4 aromatic rings. The SMILES string of the molecule is COc1ccc(N(CC(=O)N(Cc2cccc(OC)c2)C(Cc2ccccc2)C(=O)NC2CCCC2)S(=O)(=O)c2ccc(C)c([N+](=O)[O-])c2)cc1. The van der Waals surface area contributed by atoms with Crippen LogP contribution in [0.5, 0.6) is 11.5 Å². The second kappa shape index (κ2) is 16.5. The highest BCUT2D eigenvalue weighted by molar-refractivity contribution is 7.92. The third-order valence-electron chi connectivity index (χ3n) is 9.06. The molecule has 1 saturated carbocycles. The Morgan fingerprint density at radius 3 is 2.20 bits per heavy atom. The van der Waals surface area contributed by atoms with Crippen LogP contribution in [0.3, 0.4) is 0 Å². The first-order valence-corrected chi connectivity index (χ1v) is 18.1. The van der Waals surface area contributed by atoms with E-state index in [1.165, 1.54) is 50.3 Å². The average Bonchev–Trinajstić information content (AvgIpc) is 3.65. The zero-order chi connectivity index (χ0) is 36.5. The lowest BCUT2D eigenvalue weighted by Gasteiger charge is -2.34. The summed E-state index contributed by atoms with van der Waals surface area (Å²) < 4.78 is 40.4. The first kappa shape index (κ1) is 36.8. The molecule has 1 aliphatic carbocycles. The Bertz CT molecular complexity index is 1950. The van der Waals surface area contributed by atoms with Gasteiger partial charge >= 0.3 is 0 Å². The van der Waals surface area contributed by atoms with E-state index in [9.17, 15) is 28.1 Å². The maximum Gasteiger partial charge on any atom is 0.273 e. The van der Waals surface area contributed by atoms with E-state index in [0.717, 1.165) is 41.6 Å². The minimum atomic E-state index is -4.56. The molecule has 0 heterocycles. The number of aryl methyl sites for hydroxylation is 1. The molecule has 0 aliphatic heterocycles. The smallest absolute Gasteiger partial charge is 0.273 e. The summed E-state index contributed by atoms with van der Waals surface area (Å²) in [6.07, 6.45) is 3.83. The van der Waals surface area contributed by atoms with E-state index in [1.807, 2.05) is 30.3 Å². The molecule has 12 nitrogen and oxygen atoms in total. The third-order valence-corrected chi connectivity index (χ3v) is 10.8. The fraction of sp³-hybridized carbons (Fsp3) is 0.316. The first-order chi connectivity index (χ1) is 24.5. The van der Waals surface area contributed by atoms with E-state index in [1.54, 1.807) is 36.4 Å². The maximum atomic E-state index is 14.8. The van der Waals surface area contributed by atoms with E-state index in [2.05, 4.69) is 5.32 Å². The number of carbonyl (C=O) groups excluding carboxylic acids is 2. The second-order valence-corrected chi connectivity index (χ2v) is 14.3. The van der Waals surface area contributed by atoms with Gasteiger partial charge in [0.15, 0.2) is 0 Å². The number of hydrogen-bond acceptors (Lipinski definition) is 8. The molecule has 4 aromatic carbocycles. The number of hydrogen-bond donors (Lipinski definition) is 1. The van der Waals surface area contributed by atoms with E-state index < -0.39 is 33.4 Å². The molecule has 268 valence electrons. The highest BCUT2D eigenvalue weighted by Crippen LogP contribution is 2.30. The van der Waals surface area contributed by atoms with E-state index in [4.69, 9.17) is 9.47 Å². The molecule has 0 aromatic heterocycles. The molecule has 1 fully saturated rings. The molecule has 1 aliphatic rings. The van der Waals surface area contributed by atoms with Gasteiger partial charge in [-0.25, -0.2) is 8.42 Å². The Balaban J connectivity index is 1.60. The lowest BCUT2D eigenvalue weighted by atomic mass is 10.0. The fourth-order valence-corrected chi connectivity index (χ4v) is 7.67. The van der Waals surface area contributed by atoms with Crippen molar-refractivity contribution in [2.75, 3.05) is 25.1 Å². The molecule has 51 heavy (non-hydrogen) atoms. The zero-order valence-corrected chi connectivity index (χ0v) is 29.7. The number of nitro benzene ring substituents is 1. The van der Waals surface area contributed by atoms with Crippen molar-refractivity contribution in [3.05, 3.63) is 124 Å². The topological polar surface area (TPSA) is 148 Å². The van der Waals surface area contributed by atoms with Gasteiger partial charge in [0.05, 0.1) is 29.7 Å². The molecule has 0 radical (unpaired) electrons. The lowest BCUT2D eigenvalue weighted by molar-refractivity contribution is -0.385. The number of nitrogens with one attached hydrogen (secondary N) is 1. The molecule has 5 rings (SSSR count). The first-order valence-electron chi connectivity index (χ1n) is 16.7. The quantitative estimate of drug-likeness (QED) is 0.120. The van der Waals surface area contributed by atoms with Crippen LogP contribution in [0.1, 0.15) is 42.4 Å². The molecule has 0 saturated heterocycles. The van der Waals surface area contributed by atoms with Gasteiger partial charge in [0.25, 0.3) is 15.7 Å². The number of benzene rings is 4. The Morgan fingerprint density at radius 1 is 0.882 bits per heavy atom. The van der Waals surface area contributed by atoms with Gasteiger partial charge in [-0.05, 0) is 73.4 Å². The normalized spacial score (nSPS) is 13.6. The number of sulfonamides is 1. The number of rotatable bonds is 15. The lowest BCUT2D eigenvalue weighted by Crippen LogP contribution is -2.54. The molecule has 1 N–H and O–H groups in total. The predicted octanol–water partition coefficient (Wildman–Crippen LogP) is 5.81. The number of nitro groups is 1. The summed E-state index contributed by atoms with van der Waals surface area (Å²) in [6.45, 7) is 0.777. The van der Waals surface area contributed by atoms with Gasteiger partial charge in [-0.2, -0.15) is 0 Å². The van der Waals surface area contributed by atoms with Gasteiger partial charge < -0.3 is 19.7 Å². The number of ether oxygens (including phenoxy) is 2. The van der Waals surface area contributed by atoms with Gasteiger partial charge in [0.1, 0.15) is 24.1 Å². The second-order valence-electron chi connectivity index (χ2n) is 12.5. The van der Waals surface area contributed by atoms with Crippen LogP contribution < -0.4 is 19.1 Å². The minimum Gasteiger partial charge on any atom is -0.497 e. The molecular formula is C38H42N4O8S. The van der Waals surface area contributed by atoms with Crippen molar-refractivity contribution in [1.29, 1.82) is 0 Å². The van der Waals surface area contributed by atoms with Crippen LogP contribution in [0.2, 0.25) is 0 Å². The predicted molar refractivity (Wildman–Crippen MR) is 193 cm³/mol. The molecule has 0 spiro atoms. The van der Waals surface area contributed by atoms with Crippen molar-refractivity contribution in [2.45, 2.75) is 62.6 Å². The van der Waals surface area contributed by atoms with Crippen LogP contribution in [-0.4, -0.2) is 62.9 Å². The van der Waals surface area contributed by atoms with Crippen LogP contribution >= 0.6 is 0 Å². The van der Waals surface area contributed by atoms with Crippen LogP contribution in [0, 0.1) is 17.0 Å². The molecule has 0 bridgehead atoms. The maximum absolute atomic E-state index is 14.8. The molecule has 1 atom stereocenters. The number of carbonyl (C=O) groups is 2. The minimum absolute atomic E-state index is 0.0296. The van der Waals surface area contributed by atoms with E-state index in [0.29, 0.717) is 17.1 Å². The molecule has 13 heteroatoms. The van der Waals surface area contributed by atoms with Crippen molar-refractivity contribution in [3.8, 4) is 11.5 Å². The third kappa shape index (κ3) is 9.03. The molecule has 1 unspecified atom stereocenters. The van der Waals surface area contributed by atoms with E-state index >= 15 is 0 Å². The number of methoxy groups -OCH3 is 2. The summed E-state index contributed by atoms with van der Waals surface area (Å²) in [6, 6.07) is 25.1. The average molecular weight is 715 g/mol. The summed E-state index contributed by atoms with van der Waals surface area (Å²) >= 11 is 0.